The molecule has 0 aliphatic heterocycles. The van der Waals surface area contributed by atoms with Crippen LogP contribution in [0.2, 0.25) is 0 Å². The van der Waals surface area contributed by atoms with Gasteiger partial charge in [-0.2, -0.15) is 0 Å². The first-order valence-corrected chi connectivity index (χ1v) is 9.53. The van der Waals surface area contributed by atoms with Gasteiger partial charge in [-0.15, -0.1) is 10.2 Å². The minimum Gasteiger partial charge on any atom is -0.494 e. The standard InChI is InChI=1S/C22H27N3O2/c1-5-7-14-27-21-15-16(3)8-13-20(21)25-17(4)23-24-22(25)18-9-11-19(12-10-18)26-6-2/h8-13,15H,5-7,14H2,1-4H3. The van der Waals surface area contributed by atoms with Gasteiger partial charge in [0.05, 0.1) is 18.9 Å². The van der Waals surface area contributed by atoms with E-state index < -0.39 is 0 Å². The monoisotopic (exact) mass is 365 g/mol. The number of aromatic nitrogens is 3. The lowest BCUT2D eigenvalue weighted by Gasteiger charge is -2.15. The average Bonchev–Trinajstić information content (AvgIpc) is 3.04. The number of hydrogen-bond donors (Lipinski definition) is 0. The first-order valence-electron chi connectivity index (χ1n) is 9.53. The van der Waals surface area contributed by atoms with Gasteiger partial charge in [-0.05, 0) is 69.2 Å². The molecule has 0 radical (unpaired) electrons. The van der Waals surface area contributed by atoms with Crippen molar-refractivity contribution in [1.29, 1.82) is 0 Å². The highest BCUT2D eigenvalue weighted by Crippen LogP contribution is 2.31. The normalized spacial score (nSPS) is 10.8. The summed E-state index contributed by atoms with van der Waals surface area (Å²) < 4.78 is 13.7. The van der Waals surface area contributed by atoms with Crippen LogP contribution >= 0.6 is 0 Å². The summed E-state index contributed by atoms with van der Waals surface area (Å²) in [7, 11) is 0. The molecule has 0 bridgehead atoms. The molecule has 0 spiro atoms. The third-order valence-corrected chi connectivity index (χ3v) is 4.36. The molecule has 5 heteroatoms. The van der Waals surface area contributed by atoms with Crippen LogP contribution in [0.3, 0.4) is 0 Å². The Morgan fingerprint density at radius 2 is 1.70 bits per heavy atom. The summed E-state index contributed by atoms with van der Waals surface area (Å²) >= 11 is 0. The molecule has 0 atom stereocenters. The van der Waals surface area contributed by atoms with Crippen molar-refractivity contribution in [3.63, 3.8) is 0 Å². The molecule has 3 rings (SSSR count). The molecule has 1 aromatic heterocycles. The second kappa shape index (κ2) is 8.71. The lowest BCUT2D eigenvalue weighted by molar-refractivity contribution is 0.308. The van der Waals surface area contributed by atoms with E-state index in [0.717, 1.165) is 47.2 Å². The highest BCUT2D eigenvalue weighted by molar-refractivity contribution is 5.62. The number of rotatable bonds is 8. The van der Waals surface area contributed by atoms with Gasteiger partial charge in [-0.1, -0.05) is 19.4 Å². The van der Waals surface area contributed by atoms with E-state index in [0.29, 0.717) is 13.2 Å². The van der Waals surface area contributed by atoms with Crippen molar-refractivity contribution in [3.05, 3.63) is 53.9 Å². The molecular weight excluding hydrogens is 338 g/mol. The molecule has 1 heterocycles. The van der Waals surface area contributed by atoms with Crippen LogP contribution in [0.4, 0.5) is 0 Å². The fraction of sp³-hybridized carbons (Fsp3) is 0.364. The van der Waals surface area contributed by atoms with Crippen LogP contribution < -0.4 is 9.47 Å². The molecule has 27 heavy (non-hydrogen) atoms. The Morgan fingerprint density at radius 3 is 2.41 bits per heavy atom. The highest BCUT2D eigenvalue weighted by atomic mass is 16.5. The van der Waals surface area contributed by atoms with Gasteiger partial charge in [0.1, 0.15) is 17.3 Å². The minimum absolute atomic E-state index is 0.649. The van der Waals surface area contributed by atoms with E-state index in [1.165, 1.54) is 5.56 Å². The van der Waals surface area contributed by atoms with Crippen LogP contribution in [-0.2, 0) is 0 Å². The average molecular weight is 365 g/mol. The maximum absolute atomic E-state index is 6.08. The SMILES string of the molecule is CCCCOc1cc(C)ccc1-n1c(C)nnc1-c1ccc(OCC)cc1. The molecule has 0 aliphatic carbocycles. The number of ether oxygens (including phenoxy) is 2. The fourth-order valence-corrected chi connectivity index (χ4v) is 2.95. The van der Waals surface area contributed by atoms with Crippen molar-refractivity contribution in [1.82, 2.24) is 14.8 Å². The molecule has 3 aromatic rings. The van der Waals surface area contributed by atoms with Crippen molar-refractivity contribution in [3.8, 4) is 28.6 Å². The Morgan fingerprint density at radius 1 is 0.926 bits per heavy atom. The largest absolute Gasteiger partial charge is 0.494 e. The second-order valence-corrected chi connectivity index (χ2v) is 6.54. The Balaban J connectivity index is 2.02. The molecule has 0 amide bonds. The third-order valence-electron chi connectivity index (χ3n) is 4.36. The number of unbranched alkanes of at least 4 members (excludes halogenated alkanes) is 1. The highest BCUT2D eigenvalue weighted by Gasteiger charge is 2.17. The van der Waals surface area contributed by atoms with E-state index in [4.69, 9.17) is 9.47 Å². The van der Waals surface area contributed by atoms with Gasteiger partial charge in [0.25, 0.3) is 0 Å². The summed E-state index contributed by atoms with van der Waals surface area (Å²) in [6, 6.07) is 14.2. The van der Waals surface area contributed by atoms with E-state index in [2.05, 4.69) is 46.8 Å². The molecule has 0 saturated carbocycles. The van der Waals surface area contributed by atoms with Gasteiger partial charge in [0.2, 0.25) is 0 Å². The lowest BCUT2D eigenvalue weighted by Crippen LogP contribution is -2.05. The quantitative estimate of drug-likeness (QED) is 0.519. The maximum Gasteiger partial charge on any atom is 0.168 e. The van der Waals surface area contributed by atoms with Crippen LogP contribution in [0.1, 0.15) is 38.1 Å². The first kappa shape index (κ1) is 19.0. The molecule has 2 aromatic carbocycles. The predicted molar refractivity (Wildman–Crippen MR) is 108 cm³/mol. The maximum atomic E-state index is 6.08. The van der Waals surface area contributed by atoms with E-state index >= 15 is 0 Å². The van der Waals surface area contributed by atoms with Gasteiger partial charge >= 0.3 is 0 Å². The van der Waals surface area contributed by atoms with Crippen molar-refractivity contribution in [2.75, 3.05) is 13.2 Å². The molecule has 0 N–H and O–H groups in total. The minimum atomic E-state index is 0.649. The Bertz CT molecular complexity index is 885. The van der Waals surface area contributed by atoms with Gasteiger partial charge in [-0.25, -0.2) is 0 Å². The summed E-state index contributed by atoms with van der Waals surface area (Å²) in [4.78, 5) is 0. The summed E-state index contributed by atoms with van der Waals surface area (Å²) in [6.07, 6.45) is 2.13. The summed E-state index contributed by atoms with van der Waals surface area (Å²) in [5.74, 6) is 3.32. The van der Waals surface area contributed by atoms with Crippen molar-refractivity contribution >= 4 is 0 Å². The Kier molecular flexibility index (Phi) is 6.12. The zero-order valence-electron chi connectivity index (χ0n) is 16.5. The van der Waals surface area contributed by atoms with E-state index in [1.54, 1.807) is 0 Å². The molecule has 0 saturated heterocycles. The molecular formula is C22H27N3O2. The van der Waals surface area contributed by atoms with Crippen LogP contribution in [0, 0.1) is 13.8 Å². The van der Waals surface area contributed by atoms with Gasteiger partial charge < -0.3 is 9.47 Å². The zero-order valence-corrected chi connectivity index (χ0v) is 16.5. The molecule has 0 aliphatic rings. The molecule has 0 unspecified atom stereocenters. The van der Waals surface area contributed by atoms with Gasteiger partial charge in [0.15, 0.2) is 5.82 Å². The van der Waals surface area contributed by atoms with Crippen LogP contribution in [0.25, 0.3) is 17.1 Å². The van der Waals surface area contributed by atoms with Crippen molar-refractivity contribution in [2.45, 2.75) is 40.5 Å². The van der Waals surface area contributed by atoms with Crippen molar-refractivity contribution in [2.24, 2.45) is 0 Å². The van der Waals surface area contributed by atoms with E-state index in [1.807, 2.05) is 38.1 Å². The first-order chi connectivity index (χ1) is 13.1. The smallest absolute Gasteiger partial charge is 0.168 e. The predicted octanol–water partition coefficient (Wildman–Crippen LogP) is 5.13. The van der Waals surface area contributed by atoms with Crippen molar-refractivity contribution < 1.29 is 9.47 Å². The molecule has 0 fully saturated rings. The zero-order chi connectivity index (χ0) is 19.2. The van der Waals surface area contributed by atoms with E-state index in [9.17, 15) is 0 Å². The Labute approximate surface area is 161 Å². The van der Waals surface area contributed by atoms with Gasteiger partial charge in [-0.3, -0.25) is 4.57 Å². The van der Waals surface area contributed by atoms with Crippen LogP contribution in [0.15, 0.2) is 42.5 Å². The topological polar surface area (TPSA) is 49.2 Å². The van der Waals surface area contributed by atoms with Gasteiger partial charge in [0, 0.05) is 5.56 Å². The third kappa shape index (κ3) is 4.30. The molecule has 142 valence electrons. The number of aryl methyl sites for hydroxylation is 2. The summed E-state index contributed by atoms with van der Waals surface area (Å²) in [5, 5.41) is 8.73. The number of benzene rings is 2. The Hall–Kier alpha value is -2.82. The fourth-order valence-electron chi connectivity index (χ4n) is 2.95. The summed E-state index contributed by atoms with van der Waals surface area (Å²) in [6.45, 7) is 9.52. The second-order valence-electron chi connectivity index (χ2n) is 6.54. The number of hydrogen-bond acceptors (Lipinski definition) is 4. The lowest BCUT2D eigenvalue weighted by atomic mass is 10.1. The molecule has 5 nitrogen and oxygen atoms in total. The van der Waals surface area contributed by atoms with Crippen LogP contribution in [0.5, 0.6) is 11.5 Å². The summed E-state index contributed by atoms with van der Waals surface area (Å²) in [5.41, 5.74) is 3.11. The number of nitrogens with zero attached hydrogens (tertiary/aromatic N) is 3. The van der Waals surface area contributed by atoms with Crippen LogP contribution in [-0.4, -0.2) is 28.0 Å². The van der Waals surface area contributed by atoms with E-state index in [-0.39, 0.29) is 0 Å².